The van der Waals surface area contributed by atoms with Crippen molar-refractivity contribution in [2.45, 2.75) is 66.0 Å². The maximum absolute atomic E-state index is 12.3. The van der Waals surface area contributed by atoms with Gasteiger partial charge in [0.2, 0.25) is 0 Å². The summed E-state index contributed by atoms with van der Waals surface area (Å²) in [5.41, 5.74) is -1.03. The number of amides is 1. The Kier molecular flexibility index (Phi) is 5.41. The molecule has 1 heterocycles. The number of nitrogens with one attached hydrogen (secondary N) is 1. The minimum Gasteiger partial charge on any atom is -0.457 e. The van der Waals surface area contributed by atoms with Crippen LogP contribution in [0.1, 0.15) is 48.5 Å². The van der Waals surface area contributed by atoms with Gasteiger partial charge in [0, 0.05) is 17.7 Å². The topological polar surface area (TPSA) is 73.9 Å². The lowest BCUT2D eigenvalue weighted by Gasteiger charge is -2.44. The molecule has 0 radical (unpaired) electrons. The van der Waals surface area contributed by atoms with E-state index in [1.165, 1.54) is 12.3 Å². The summed E-state index contributed by atoms with van der Waals surface area (Å²) in [5, 5.41) is 2.56. The predicted octanol–water partition coefficient (Wildman–Crippen LogP) is 2.14. The number of hydrogen-bond acceptors (Lipinski definition) is 5. The molecule has 0 saturated carbocycles. The van der Waals surface area contributed by atoms with Gasteiger partial charge in [0.1, 0.15) is 11.7 Å². The Labute approximate surface area is 132 Å². The molecule has 0 aromatic rings. The van der Waals surface area contributed by atoms with Crippen molar-refractivity contribution in [3.63, 3.8) is 0 Å². The Morgan fingerprint density at radius 3 is 2.36 bits per heavy atom. The summed E-state index contributed by atoms with van der Waals surface area (Å²) in [7, 11) is 0. The van der Waals surface area contributed by atoms with Gasteiger partial charge < -0.3 is 19.5 Å². The average molecular weight is 313 g/mol. The Morgan fingerprint density at radius 2 is 1.82 bits per heavy atom. The molecule has 1 fully saturated rings. The molecule has 0 aromatic heterocycles. The highest BCUT2D eigenvalue weighted by molar-refractivity contribution is 5.86. The highest BCUT2D eigenvalue weighted by atomic mass is 16.7. The van der Waals surface area contributed by atoms with E-state index in [2.05, 4.69) is 5.32 Å². The summed E-state index contributed by atoms with van der Waals surface area (Å²) < 4.78 is 16.4. The Balaban J connectivity index is 2.62. The van der Waals surface area contributed by atoms with Crippen molar-refractivity contribution in [1.82, 2.24) is 5.32 Å². The van der Waals surface area contributed by atoms with Crippen molar-refractivity contribution >= 4 is 11.9 Å². The van der Waals surface area contributed by atoms with Crippen LogP contribution in [0.3, 0.4) is 0 Å². The first-order chi connectivity index (χ1) is 9.82. The largest absolute Gasteiger partial charge is 0.457 e. The van der Waals surface area contributed by atoms with Crippen molar-refractivity contribution in [1.29, 1.82) is 0 Å². The molecule has 0 aliphatic carbocycles. The molecule has 0 unspecified atom stereocenters. The van der Waals surface area contributed by atoms with Crippen LogP contribution in [0.5, 0.6) is 0 Å². The summed E-state index contributed by atoms with van der Waals surface area (Å²) in [6.07, 6.45) is 1.79. The number of esters is 1. The van der Waals surface area contributed by atoms with Crippen LogP contribution >= 0.6 is 0 Å². The third kappa shape index (κ3) is 5.77. The fourth-order valence-corrected chi connectivity index (χ4v) is 1.92. The Bertz CT molecular complexity index is 460. The fraction of sp³-hybridized carbons (Fsp3) is 0.750. The lowest BCUT2D eigenvalue weighted by atomic mass is 9.85. The summed E-state index contributed by atoms with van der Waals surface area (Å²) >= 11 is 0. The van der Waals surface area contributed by atoms with Gasteiger partial charge in [-0.25, -0.2) is 4.79 Å². The van der Waals surface area contributed by atoms with Crippen molar-refractivity contribution in [3.05, 3.63) is 12.3 Å². The normalized spacial score (nSPS) is 24.0. The van der Waals surface area contributed by atoms with Crippen LogP contribution in [0.4, 0.5) is 0 Å². The summed E-state index contributed by atoms with van der Waals surface area (Å²) in [5.74, 6) is -1.65. The quantitative estimate of drug-likeness (QED) is 0.638. The number of ether oxygens (including phenoxy) is 3. The standard InChI is InChI=1S/C16H27NO5/c1-14(2,3)21-11(18)8-9-17-13(19)12-15(4,5)10-20-16(6,7)22-12/h8-9,12H,10H2,1-7H3,(H,17,19)/b9-8+/t12-/m0/s1. The van der Waals surface area contributed by atoms with Crippen LogP contribution < -0.4 is 5.32 Å². The van der Waals surface area contributed by atoms with E-state index in [9.17, 15) is 9.59 Å². The first-order valence-electron chi connectivity index (χ1n) is 7.34. The predicted molar refractivity (Wildman–Crippen MR) is 81.8 cm³/mol. The number of hydrogen-bond donors (Lipinski definition) is 1. The van der Waals surface area contributed by atoms with Crippen LogP contribution in [-0.4, -0.2) is 36.0 Å². The van der Waals surface area contributed by atoms with Gasteiger partial charge in [-0.2, -0.15) is 0 Å². The fourth-order valence-electron chi connectivity index (χ4n) is 1.92. The van der Waals surface area contributed by atoms with E-state index in [4.69, 9.17) is 14.2 Å². The molecule has 126 valence electrons. The lowest BCUT2D eigenvalue weighted by molar-refractivity contribution is -0.303. The monoisotopic (exact) mass is 313 g/mol. The van der Waals surface area contributed by atoms with Crippen molar-refractivity contribution in [2.75, 3.05) is 6.61 Å². The lowest BCUT2D eigenvalue weighted by Crippen LogP contribution is -2.55. The van der Waals surface area contributed by atoms with E-state index >= 15 is 0 Å². The van der Waals surface area contributed by atoms with E-state index < -0.39 is 28.9 Å². The molecule has 0 spiro atoms. The zero-order valence-electron chi connectivity index (χ0n) is 14.5. The molecule has 1 N–H and O–H groups in total. The van der Waals surface area contributed by atoms with Crippen molar-refractivity contribution in [3.8, 4) is 0 Å². The molecule has 6 heteroatoms. The maximum Gasteiger partial charge on any atom is 0.332 e. The van der Waals surface area contributed by atoms with Gasteiger partial charge in [0.15, 0.2) is 5.79 Å². The summed E-state index contributed by atoms with van der Waals surface area (Å²) in [6.45, 7) is 13.0. The van der Waals surface area contributed by atoms with Gasteiger partial charge >= 0.3 is 5.97 Å². The van der Waals surface area contributed by atoms with Crippen molar-refractivity contribution < 1.29 is 23.8 Å². The highest BCUT2D eigenvalue weighted by Crippen LogP contribution is 2.34. The molecule has 1 saturated heterocycles. The van der Waals surface area contributed by atoms with Gasteiger partial charge in [-0.1, -0.05) is 13.8 Å². The van der Waals surface area contributed by atoms with E-state index in [1.807, 2.05) is 13.8 Å². The molecule has 1 aliphatic heterocycles. The second kappa shape index (κ2) is 6.38. The second-order valence-electron chi connectivity index (χ2n) is 7.55. The van der Waals surface area contributed by atoms with E-state index in [0.717, 1.165) is 0 Å². The van der Waals surface area contributed by atoms with Crippen molar-refractivity contribution in [2.24, 2.45) is 5.41 Å². The first-order valence-corrected chi connectivity index (χ1v) is 7.34. The van der Waals surface area contributed by atoms with E-state index in [-0.39, 0.29) is 5.91 Å². The Hall–Kier alpha value is -1.40. The van der Waals surface area contributed by atoms with Gasteiger partial charge in [0.05, 0.1) is 6.61 Å². The van der Waals surface area contributed by atoms with E-state index in [1.54, 1.807) is 34.6 Å². The SMILES string of the molecule is CC(C)(C)OC(=O)/C=C/NC(=O)[C@@H]1OC(C)(C)OCC1(C)C. The van der Waals surface area contributed by atoms with Crippen LogP contribution in [0.2, 0.25) is 0 Å². The van der Waals surface area contributed by atoms with Crippen LogP contribution in [0.15, 0.2) is 12.3 Å². The van der Waals surface area contributed by atoms with Gasteiger partial charge in [-0.3, -0.25) is 4.79 Å². The minimum absolute atomic E-state index is 0.318. The second-order valence-corrected chi connectivity index (χ2v) is 7.55. The molecule has 6 nitrogen and oxygen atoms in total. The first kappa shape index (κ1) is 18.6. The van der Waals surface area contributed by atoms with Crippen LogP contribution in [-0.2, 0) is 23.8 Å². The zero-order valence-corrected chi connectivity index (χ0v) is 14.5. The molecule has 1 aliphatic rings. The van der Waals surface area contributed by atoms with Crippen LogP contribution in [0, 0.1) is 5.41 Å². The number of carbonyl (C=O) groups excluding carboxylic acids is 2. The maximum atomic E-state index is 12.3. The number of rotatable bonds is 3. The van der Waals surface area contributed by atoms with Gasteiger partial charge in [-0.15, -0.1) is 0 Å². The molecule has 22 heavy (non-hydrogen) atoms. The van der Waals surface area contributed by atoms with Gasteiger partial charge in [0.25, 0.3) is 5.91 Å². The molecular formula is C16H27NO5. The Morgan fingerprint density at radius 1 is 1.23 bits per heavy atom. The summed E-state index contributed by atoms with van der Waals surface area (Å²) in [6, 6.07) is 0. The summed E-state index contributed by atoms with van der Waals surface area (Å²) in [4.78, 5) is 23.8. The molecule has 1 amide bonds. The van der Waals surface area contributed by atoms with Gasteiger partial charge in [-0.05, 0) is 34.6 Å². The number of carbonyl (C=O) groups is 2. The minimum atomic E-state index is -0.813. The molecule has 1 rings (SSSR count). The average Bonchev–Trinajstić information content (AvgIpc) is 2.30. The third-order valence-electron chi connectivity index (χ3n) is 2.99. The smallest absolute Gasteiger partial charge is 0.332 e. The third-order valence-corrected chi connectivity index (χ3v) is 2.99. The van der Waals surface area contributed by atoms with Crippen LogP contribution in [0.25, 0.3) is 0 Å². The zero-order chi connectivity index (χ0) is 17.2. The highest BCUT2D eigenvalue weighted by Gasteiger charge is 2.45. The molecule has 1 atom stereocenters. The molecule has 0 bridgehead atoms. The molecule has 0 aromatic carbocycles. The van der Waals surface area contributed by atoms with E-state index in [0.29, 0.717) is 6.61 Å². The molecular weight excluding hydrogens is 286 g/mol.